The molecule has 0 aliphatic carbocycles. The molecule has 2 amide bonds. The van der Waals surface area contributed by atoms with Crippen molar-refractivity contribution >= 4 is 6.03 Å². The Hall–Kier alpha value is -0.990. The van der Waals surface area contributed by atoms with Gasteiger partial charge in [-0.3, -0.25) is 0 Å². The number of nitrogens with one attached hydrogen (secondary N) is 1. The van der Waals surface area contributed by atoms with Crippen LogP contribution in [0.5, 0.6) is 0 Å². The normalized spacial score (nSPS) is 9.18. The van der Waals surface area contributed by atoms with Gasteiger partial charge in [0.25, 0.3) is 0 Å². The highest BCUT2D eigenvalue weighted by Gasteiger charge is 1.91. The summed E-state index contributed by atoms with van der Waals surface area (Å²) in [6.45, 7) is 6.45. The first-order valence-corrected chi connectivity index (χ1v) is 3.80. The number of nitrogens with two attached hydrogens (primary N) is 1. The molecular weight excluding hydrogens is 140 g/mol. The Morgan fingerprint density at radius 2 is 2.18 bits per heavy atom. The lowest BCUT2D eigenvalue weighted by molar-refractivity contribution is 0.249. The van der Waals surface area contributed by atoms with Crippen molar-refractivity contribution in [1.29, 1.82) is 0 Å². The second-order valence-electron chi connectivity index (χ2n) is 2.71. The van der Waals surface area contributed by atoms with Gasteiger partial charge in [-0.1, -0.05) is 5.57 Å². The van der Waals surface area contributed by atoms with Crippen LogP contribution in [-0.2, 0) is 0 Å². The van der Waals surface area contributed by atoms with Crippen molar-refractivity contribution < 1.29 is 4.79 Å². The van der Waals surface area contributed by atoms with E-state index in [0.717, 1.165) is 19.3 Å². The fourth-order valence-electron chi connectivity index (χ4n) is 0.763. The number of amides is 2. The molecule has 11 heavy (non-hydrogen) atoms. The molecule has 0 saturated carbocycles. The lowest BCUT2D eigenvalue weighted by Crippen LogP contribution is -2.29. The molecule has 3 N–H and O–H groups in total. The number of rotatable bonds is 5. The lowest BCUT2D eigenvalue weighted by atomic mass is 10.1. The SMILES string of the molecule is C=C(C)CCCCNC(N)=O. The van der Waals surface area contributed by atoms with Crippen molar-refractivity contribution in [2.24, 2.45) is 5.73 Å². The average molecular weight is 156 g/mol. The predicted octanol–water partition coefficient (Wildman–Crippen LogP) is 1.40. The van der Waals surface area contributed by atoms with Crippen molar-refractivity contribution in [2.75, 3.05) is 6.54 Å². The minimum atomic E-state index is -0.444. The maximum atomic E-state index is 10.2. The van der Waals surface area contributed by atoms with E-state index < -0.39 is 6.03 Å². The number of unbranched alkanes of at least 4 members (excludes halogenated alkanes) is 1. The molecule has 0 aromatic heterocycles. The fourth-order valence-corrected chi connectivity index (χ4v) is 0.763. The van der Waals surface area contributed by atoms with E-state index in [0.29, 0.717) is 6.54 Å². The van der Waals surface area contributed by atoms with Gasteiger partial charge in [-0.25, -0.2) is 4.79 Å². The second kappa shape index (κ2) is 5.77. The predicted molar refractivity (Wildman–Crippen MR) is 46.3 cm³/mol. The van der Waals surface area contributed by atoms with Gasteiger partial charge < -0.3 is 11.1 Å². The molecule has 0 saturated heterocycles. The smallest absolute Gasteiger partial charge is 0.312 e. The summed E-state index contributed by atoms with van der Waals surface area (Å²) in [5.41, 5.74) is 6.05. The van der Waals surface area contributed by atoms with Crippen LogP contribution < -0.4 is 11.1 Å². The Balaban J connectivity index is 3.03. The molecule has 0 aromatic carbocycles. The van der Waals surface area contributed by atoms with E-state index in [1.807, 2.05) is 6.92 Å². The van der Waals surface area contributed by atoms with Gasteiger partial charge in [0.05, 0.1) is 0 Å². The highest BCUT2D eigenvalue weighted by molar-refractivity contribution is 5.71. The van der Waals surface area contributed by atoms with Gasteiger partial charge >= 0.3 is 6.03 Å². The van der Waals surface area contributed by atoms with E-state index in [9.17, 15) is 4.79 Å². The maximum absolute atomic E-state index is 10.2. The van der Waals surface area contributed by atoms with Gasteiger partial charge in [0.1, 0.15) is 0 Å². The average Bonchev–Trinajstić information content (AvgIpc) is 1.85. The Bertz CT molecular complexity index is 127. The summed E-state index contributed by atoms with van der Waals surface area (Å²) in [6.07, 6.45) is 3.06. The van der Waals surface area contributed by atoms with Crippen LogP contribution in [0.15, 0.2) is 12.2 Å². The Kier molecular flexibility index (Phi) is 5.25. The second-order valence-corrected chi connectivity index (χ2v) is 2.71. The topological polar surface area (TPSA) is 55.1 Å². The minimum absolute atomic E-state index is 0.444. The third kappa shape index (κ3) is 9.01. The molecule has 0 aliphatic rings. The molecule has 0 heterocycles. The third-order valence-electron chi connectivity index (χ3n) is 1.33. The molecule has 0 aromatic rings. The van der Waals surface area contributed by atoms with Gasteiger partial charge in [-0.05, 0) is 26.2 Å². The molecule has 0 unspecified atom stereocenters. The van der Waals surface area contributed by atoms with E-state index in [4.69, 9.17) is 5.73 Å². The molecule has 0 radical (unpaired) electrons. The molecule has 0 bridgehead atoms. The number of allylic oxidation sites excluding steroid dienone is 1. The van der Waals surface area contributed by atoms with E-state index in [2.05, 4.69) is 11.9 Å². The molecule has 64 valence electrons. The minimum Gasteiger partial charge on any atom is -0.352 e. The number of carbonyl (C=O) groups is 1. The van der Waals surface area contributed by atoms with Crippen molar-refractivity contribution in [1.82, 2.24) is 5.32 Å². The van der Waals surface area contributed by atoms with Crippen molar-refractivity contribution in [3.8, 4) is 0 Å². The van der Waals surface area contributed by atoms with Crippen LogP contribution in [0.3, 0.4) is 0 Å². The van der Waals surface area contributed by atoms with Crippen LogP contribution in [0.2, 0.25) is 0 Å². The first-order chi connectivity index (χ1) is 5.13. The third-order valence-corrected chi connectivity index (χ3v) is 1.33. The molecular formula is C8H16N2O. The molecule has 0 spiro atoms. The van der Waals surface area contributed by atoms with Crippen LogP contribution in [0, 0.1) is 0 Å². The zero-order chi connectivity index (χ0) is 8.69. The number of urea groups is 1. The highest BCUT2D eigenvalue weighted by atomic mass is 16.2. The van der Waals surface area contributed by atoms with Crippen molar-refractivity contribution in [3.05, 3.63) is 12.2 Å². The van der Waals surface area contributed by atoms with Crippen molar-refractivity contribution in [2.45, 2.75) is 26.2 Å². The largest absolute Gasteiger partial charge is 0.352 e. The summed E-state index contributed by atoms with van der Waals surface area (Å²) >= 11 is 0. The zero-order valence-electron chi connectivity index (χ0n) is 7.02. The van der Waals surface area contributed by atoms with E-state index in [-0.39, 0.29) is 0 Å². The molecule has 0 aliphatic heterocycles. The van der Waals surface area contributed by atoms with Gasteiger partial charge in [0, 0.05) is 6.54 Å². The first kappa shape index (κ1) is 10.0. The molecule has 0 atom stereocenters. The van der Waals surface area contributed by atoms with Gasteiger partial charge in [-0.15, -0.1) is 6.58 Å². The summed E-state index contributed by atoms with van der Waals surface area (Å²) in [7, 11) is 0. The first-order valence-electron chi connectivity index (χ1n) is 3.80. The fraction of sp³-hybridized carbons (Fsp3) is 0.625. The summed E-state index contributed by atoms with van der Waals surface area (Å²) in [6, 6.07) is -0.444. The summed E-state index contributed by atoms with van der Waals surface area (Å²) < 4.78 is 0. The van der Waals surface area contributed by atoms with Crippen LogP contribution in [-0.4, -0.2) is 12.6 Å². The summed E-state index contributed by atoms with van der Waals surface area (Å²) in [5, 5.41) is 2.53. The number of hydrogen-bond donors (Lipinski definition) is 2. The Morgan fingerprint density at radius 1 is 1.55 bits per heavy atom. The monoisotopic (exact) mass is 156 g/mol. The number of primary amides is 1. The number of hydrogen-bond acceptors (Lipinski definition) is 1. The summed E-state index contributed by atoms with van der Waals surface area (Å²) in [5.74, 6) is 0. The molecule has 0 fully saturated rings. The van der Waals surface area contributed by atoms with Crippen LogP contribution in [0.25, 0.3) is 0 Å². The zero-order valence-corrected chi connectivity index (χ0v) is 7.02. The van der Waals surface area contributed by atoms with Gasteiger partial charge in [-0.2, -0.15) is 0 Å². The Labute approximate surface area is 67.7 Å². The maximum Gasteiger partial charge on any atom is 0.312 e. The standard InChI is InChI=1S/C8H16N2O/c1-7(2)5-3-4-6-10-8(9)11/h1,3-6H2,2H3,(H3,9,10,11). The van der Waals surface area contributed by atoms with E-state index in [1.165, 1.54) is 5.57 Å². The quantitative estimate of drug-likeness (QED) is 0.459. The molecule has 3 heteroatoms. The van der Waals surface area contributed by atoms with Crippen molar-refractivity contribution in [3.63, 3.8) is 0 Å². The van der Waals surface area contributed by atoms with Gasteiger partial charge in [0.15, 0.2) is 0 Å². The van der Waals surface area contributed by atoms with Gasteiger partial charge in [0.2, 0.25) is 0 Å². The number of carbonyl (C=O) groups excluding carboxylic acids is 1. The van der Waals surface area contributed by atoms with Crippen LogP contribution in [0.4, 0.5) is 4.79 Å². The summed E-state index contributed by atoms with van der Waals surface area (Å²) in [4.78, 5) is 10.2. The van der Waals surface area contributed by atoms with Crippen LogP contribution >= 0.6 is 0 Å². The van der Waals surface area contributed by atoms with E-state index in [1.54, 1.807) is 0 Å². The highest BCUT2D eigenvalue weighted by Crippen LogP contribution is 2.02. The molecule has 3 nitrogen and oxygen atoms in total. The van der Waals surface area contributed by atoms with E-state index >= 15 is 0 Å². The molecule has 0 rings (SSSR count). The lowest BCUT2D eigenvalue weighted by Gasteiger charge is -2.00. The Morgan fingerprint density at radius 3 is 2.64 bits per heavy atom. The van der Waals surface area contributed by atoms with Crippen LogP contribution in [0.1, 0.15) is 26.2 Å².